The Morgan fingerprint density at radius 1 is 1.28 bits per heavy atom. The van der Waals surface area contributed by atoms with Crippen molar-refractivity contribution >= 4 is 5.57 Å². The van der Waals surface area contributed by atoms with Crippen LogP contribution in [-0.2, 0) is 0 Å². The first-order valence-corrected chi connectivity index (χ1v) is 6.71. The van der Waals surface area contributed by atoms with Gasteiger partial charge in [0.25, 0.3) is 0 Å². The van der Waals surface area contributed by atoms with Crippen LogP contribution in [0.25, 0.3) is 5.57 Å². The third kappa shape index (κ3) is 2.08. The molecule has 1 unspecified atom stereocenters. The Balaban J connectivity index is 2.44. The Bertz CT molecular complexity index is 517. The fourth-order valence-electron chi connectivity index (χ4n) is 2.71. The van der Waals surface area contributed by atoms with Crippen LogP contribution in [0.3, 0.4) is 0 Å². The van der Waals surface area contributed by atoms with E-state index in [0.717, 1.165) is 12.8 Å². The second-order valence-electron chi connectivity index (χ2n) is 5.23. The summed E-state index contributed by atoms with van der Waals surface area (Å²) in [7, 11) is 0. The topological polar surface area (TPSA) is 0 Å². The molecule has 0 aliphatic heterocycles. The van der Waals surface area contributed by atoms with Gasteiger partial charge in [0.05, 0.1) is 0 Å². The van der Waals surface area contributed by atoms with Gasteiger partial charge in [0, 0.05) is 5.41 Å². The fraction of sp³-hybridized carbons (Fsp3) is 0.333. The minimum Gasteiger partial charge on any atom is -0.0943 e. The van der Waals surface area contributed by atoms with Gasteiger partial charge in [0.2, 0.25) is 0 Å². The first-order chi connectivity index (χ1) is 8.60. The lowest BCUT2D eigenvalue weighted by atomic mass is 9.70. The van der Waals surface area contributed by atoms with E-state index in [2.05, 4.69) is 69.9 Å². The van der Waals surface area contributed by atoms with Gasteiger partial charge in [-0.15, -0.1) is 0 Å². The lowest BCUT2D eigenvalue weighted by molar-refractivity contribution is 0.496. The molecule has 1 aromatic rings. The van der Waals surface area contributed by atoms with Crippen molar-refractivity contribution in [2.24, 2.45) is 5.41 Å². The molecule has 0 bridgehead atoms. The van der Waals surface area contributed by atoms with Crippen molar-refractivity contribution < 1.29 is 0 Å². The average molecular weight is 238 g/mol. The van der Waals surface area contributed by atoms with E-state index in [1.165, 1.54) is 22.3 Å². The Kier molecular flexibility index (Phi) is 3.56. The van der Waals surface area contributed by atoms with Crippen molar-refractivity contribution in [1.82, 2.24) is 0 Å². The van der Waals surface area contributed by atoms with Crippen LogP contribution in [0.4, 0.5) is 0 Å². The van der Waals surface area contributed by atoms with Crippen LogP contribution in [0, 0.1) is 19.3 Å². The number of hydrogen-bond donors (Lipinski definition) is 0. The average Bonchev–Trinajstić information content (AvgIpc) is 2.42. The van der Waals surface area contributed by atoms with E-state index in [0.29, 0.717) is 0 Å². The molecule has 0 N–H and O–H groups in total. The summed E-state index contributed by atoms with van der Waals surface area (Å²) in [4.78, 5) is 0. The summed E-state index contributed by atoms with van der Waals surface area (Å²) in [5, 5.41) is 0. The van der Waals surface area contributed by atoms with Crippen LogP contribution >= 0.6 is 0 Å². The second-order valence-corrected chi connectivity index (χ2v) is 5.23. The predicted octanol–water partition coefficient (Wildman–Crippen LogP) is 5.23. The normalized spacial score (nSPS) is 22.2. The minimum absolute atomic E-state index is 0.104. The van der Waals surface area contributed by atoms with E-state index in [1.54, 1.807) is 0 Å². The SMILES string of the molecule is C=C(c1cccc(C)c1C)C1(CC)C=CC=CC1. The van der Waals surface area contributed by atoms with Gasteiger partial charge in [-0.2, -0.15) is 0 Å². The Labute approximate surface area is 111 Å². The lowest BCUT2D eigenvalue weighted by Gasteiger charge is -2.33. The molecule has 0 amide bonds. The van der Waals surface area contributed by atoms with Crippen LogP contribution in [-0.4, -0.2) is 0 Å². The van der Waals surface area contributed by atoms with E-state index in [1.807, 2.05) is 0 Å². The summed E-state index contributed by atoms with van der Waals surface area (Å²) >= 11 is 0. The molecule has 1 aromatic carbocycles. The van der Waals surface area contributed by atoms with Crippen molar-refractivity contribution in [2.75, 3.05) is 0 Å². The van der Waals surface area contributed by atoms with Crippen LogP contribution in [0.15, 0.2) is 49.1 Å². The molecule has 0 heterocycles. The Morgan fingerprint density at radius 3 is 2.67 bits per heavy atom. The summed E-state index contributed by atoms with van der Waals surface area (Å²) in [6.07, 6.45) is 11.0. The zero-order valence-corrected chi connectivity index (χ0v) is 11.7. The highest BCUT2D eigenvalue weighted by Crippen LogP contribution is 2.44. The molecule has 1 aliphatic carbocycles. The Morgan fingerprint density at radius 2 is 2.06 bits per heavy atom. The van der Waals surface area contributed by atoms with Crippen molar-refractivity contribution in [3.8, 4) is 0 Å². The maximum absolute atomic E-state index is 4.41. The van der Waals surface area contributed by atoms with Gasteiger partial charge in [-0.25, -0.2) is 0 Å². The van der Waals surface area contributed by atoms with Crippen molar-refractivity contribution in [3.05, 3.63) is 65.8 Å². The summed E-state index contributed by atoms with van der Waals surface area (Å²) in [5.41, 5.74) is 5.38. The number of hydrogen-bond acceptors (Lipinski definition) is 0. The molecule has 18 heavy (non-hydrogen) atoms. The van der Waals surface area contributed by atoms with Gasteiger partial charge in [0.15, 0.2) is 0 Å². The third-order valence-corrected chi connectivity index (χ3v) is 4.31. The first-order valence-electron chi connectivity index (χ1n) is 6.71. The Hall–Kier alpha value is -1.56. The summed E-state index contributed by atoms with van der Waals surface area (Å²) in [6.45, 7) is 11.0. The standard InChI is InChI=1S/C18H22/c1-5-18(12-7-6-8-13-18)16(4)17-11-9-10-14(2)15(17)3/h6-12H,4-5,13H2,1-3H3. The number of allylic oxidation sites excluding steroid dienone is 5. The second kappa shape index (κ2) is 4.97. The molecule has 0 aromatic heterocycles. The van der Waals surface area contributed by atoms with Gasteiger partial charge in [-0.3, -0.25) is 0 Å². The van der Waals surface area contributed by atoms with Crippen LogP contribution in [0.5, 0.6) is 0 Å². The summed E-state index contributed by atoms with van der Waals surface area (Å²) in [5.74, 6) is 0. The van der Waals surface area contributed by atoms with Crippen LogP contribution < -0.4 is 0 Å². The van der Waals surface area contributed by atoms with Crippen molar-refractivity contribution in [2.45, 2.75) is 33.6 Å². The van der Waals surface area contributed by atoms with E-state index in [4.69, 9.17) is 0 Å². The van der Waals surface area contributed by atoms with E-state index in [9.17, 15) is 0 Å². The lowest BCUT2D eigenvalue weighted by Crippen LogP contribution is -2.19. The molecular formula is C18H22. The van der Waals surface area contributed by atoms with E-state index in [-0.39, 0.29) is 5.41 Å². The molecule has 1 aliphatic rings. The molecular weight excluding hydrogens is 216 g/mol. The molecule has 1 atom stereocenters. The largest absolute Gasteiger partial charge is 0.0943 e. The molecule has 0 nitrogen and oxygen atoms in total. The monoisotopic (exact) mass is 238 g/mol. The molecule has 0 spiro atoms. The number of benzene rings is 1. The predicted molar refractivity (Wildman–Crippen MR) is 80.6 cm³/mol. The first kappa shape index (κ1) is 12.9. The molecule has 0 saturated heterocycles. The van der Waals surface area contributed by atoms with Gasteiger partial charge in [0.1, 0.15) is 0 Å². The highest BCUT2D eigenvalue weighted by Gasteiger charge is 2.29. The molecule has 0 saturated carbocycles. The number of rotatable bonds is 3. The molecule has 0 heteroatoms. The zero-order valence-electron chi connectivity index (χ0n) is 11.7. The van der Waals surface area contributed by atoms with Gasteiger partial charge >= 0.3 is 0 Å². The van der Waals surface area contributed by atoms with Crippen LogP contribution in [0.1, 0.15) is 36.5 Å². The third-order valence-electron chi connectivity index (χ3n) is 4.31. The molecule has 0 radical (unpaired) electrons. The number of aryl methyl sites for hydroxylation is 1. The fourth-order valence-corrected chi connectivity index (χ4v) is 2.71. The van der Waals surface area contributed by atoms with Gasteiger partial charge < -0.3 is 0 Å². The van der Waals surface area contributed by atoms with Gasteiger partial charge in [-0.1, -0.05) is 56.0 Å². The summed E-state index contributed by atoms with van der Waals surface area (Å²) < 4.78 is 0. The molecule has 94 valence electrons. The van der Waals surface area contributed by atoms with E-state index >= 15 is 0 Å². The smallest absolute Gasteiger partial charge is 0.0167 e. The maximum Gasteiger partial charge on any atom is 0.0167 e. The van der Waals surface area contributed by atoms with Crippen molar-refractivity contribution in [1.29, 1.82) is 0 Å². The van der Waals surface area contributed by atoms with Gasteiger partial charge in [-0.05, 0) is 49.0 Å². The maximum atomic E-state index is 4.41. The highest BCUT2D eigenvalue weighted by molar-refractivity contribution is 5.73. The molecule has 0 fully saturated rings. The quantitative estimate of drug-likeness (QED) is 0.676. The highest BCUT2D eigenvalue weighted by atomic mass is 14.3. The minimum atomic E-state index is 0.104. The van der Waals surface area contributed by atoms with Crippen LogP contribution in [0.2, 0.25) is 0 Å². The summed E-state index contributed by atoms with van der Waals surface area (Å²) in [6, 6.07) is 6.50. The van der Waals surface area contributed by atoms with Crippen molar-refractivity contribution in [3.63, 3.8) is 0 Å². The van der Waals surface area contributed by atoms with E-state index < -0.39 is 0 Å². The molecule has 2 rings (SSSR count). The zero-order chi connectivity index (χ0) is 13.2.